The normalized spacial score (nSPS) is 28.1. The fraction of sp³-hybridized carbons (Fsp3) is 0.750. The molecule has 0 aliphatic heterocycles. The molecule has 1 aromatic rings. The van der Waals surface area contributed by atoms with Gasteiger partial charge in [0.15, 0.2) is 0 Å². The Morgan fingerprint density at radius 3 is 2.55 bits per heavy atom. The minimum atomic E-state index is 0.519. The molecule has 0 bridgehead atoms. The van der Waals surface area contributed by atoms with Crippen LogP contribution in [0.4, 0.5) is 5.82 Å². The fourth-order valence-electron chi connectivity index (χ4n) is 3.49. The van der Waals surface area contributed by atoms with Gasteiger partial charge in [0.2, 0.25) is 0 Å². The minimum absolute atomic E-state index is 0.519. The summed E-state index contributed by atoms with van der Waals surface area (Å²) in [6.07, 6.45) is 10.5. The van der Waals surface area contributed by atoms with Gasteiger partial charge in [-0.3, -0.25) is 0 Å². The first-order chi connectivity index (χ1) is 9.62. The summed E-state index contributed by atoms with van der Waals surface area (Å²) in [5.74, 6) is 1.76. The van der Waals surface area contributed by atoms with Crippen LogP contribution in [0.5, 0.6) is 0 Å². The summed E-state index contributed by atoms with van der Waals surface area (Å²) in [6, 6.07) is 0.519. The molecular formula is C16H24ClN3. The molecule has 2 aliphatic carbocycles. The van der Waals surface area contributed by atoms with Gasteiger partial charge in [-0.05, 0) is 56.3 Å². The Balaban J connectivity index is 1.59. The monoisotopic (exact) mass is 293 g/mol. The SMILES string of the molecule is CCc1ncnc(NC2CCC(C3(C)CC3)CC2)c1Cl. The van der Waals surface area contributed by atoms with Gasteiger partial charge in [-0.15, -0.1) is 0 Å². The Morgan fingerprint density at radius 1 is 1.25 bits per heavy atom. The van der Waals surface area contributed by atoms with Gasteiger partial charge in [0.25, 0.3) is 0 Å². The molecule has 4 heteroatoms. The van der Waals surface area contributed by atoms with Crippen molar-refractivity contribution in [2.45, 2.75) is 64.8 Å². The minimum Gasteiger partial charge on any atom is -0.366 e. The van der Waals surface area contributed by atoms with Crippen molar-refractivity contribution in [3.63, 3.8) is 0 Å². The molecule has 0 atom stereocenters. The lowest BCUT2D eigenvalue weighted by atomic mass is 9.77. The Kier molecular flexibility index (Phi) is 3.89. The largest absolute Gasteiger partial charge is 0.366 e. The molecule has 2 saturated carbocycles. The maximum atomic E-state index is 6.35. The molecule has 1 heterocycles. The molecular weight excluding hydrogens is 270 g/mol. The number of nitrogens with one attached hydrogen (secondary N) is 1. The number of rotatable bonds is 4. The van der Waals surface area contributed by atoms with Crippen LogP contribution in [0.2, 0.25) is 5.02 Å². The molecule has 110 valence electrons. The molecule has 20 heavy (non-hydrogen) atoms. The van der Waals surface area contributed by atoms with E-state index in [1.54, 1.807) is 6.33 Å². The number of halogens is 1. The van der Waals surface area contributed by atoms with E-state index in [4.69, 9.17) is 11.6 Å². The van der Waals surface area contributed by atoms with Crippen molar-refractivity contribution in [1.82, 2.24) is 9.97 Å². The van der Waals surface area contributed by atoms with E-state index in [1.807, 2.05) is 0 Å². The van der Waals surface area contributed by atoms with Gasteiger partial charge < -0.3 is 5.32 Å². The van der Waals surface area contributed by atoms with Crippen LogP contribution in [0.15, 0.2) is 6.33 Å². The highest BCUT2D eigenvalue weighted by atomic mass is 35.5. The smallest absolute Gasteiger partial charge is 0.148 e. The van der Waals surface area contributed by atoms with Crippen molar-refractivity contribution in [3.8, 4) is 0 Å². The maximum Gasteiger partial charge on any atom is 0.148 e. The van der Waals surface area contributed by atoms with E-state index in [0.29, 0.717) is 16.5 Å². The van der Waals surface area contributed by atoms with Crippen molar-refractivity contribution in [1.29, 1.82) is 0 Å². The Labute approximate surface area is 126 Å². The Hall–Kier alpha value is -0.830. The summed E-state index contributed by atoms with van der Waals surface area (Å²) in [6.45, 7) is 4.53. The predicted octanol–water partition coefficient (Wildman–Crippen LogP) is 4.46. The van der Waals surface area contributed by atoms with Gasteiger partial charge in [-0.1, -0.05) is 25.4 Å². The topological polar surface area (TPSA) is 37.8 Å². The molecule has 0 radical (unpaired) electrons. The van der Waals surface area contributed by atoms with Crippen molar-refractivity contribution >= 4 is 17.4 Å². The number of aromatic nitrogens is 2. The van der Waals surface area contributed by atoms with E-state index >= 15 is 0 Å². The van der Waals surface area contributed by atoms with Crippen LogP contribution in [-0.4, -0.2) is 16.0 Å². The van der Waals surface area contributed by atoms with E-state index in [2.05, 4.69) is 29.1 Å². The second-order valence-electron chi connectivity index (χ2n) is 6.68. The molecule has 2 fully saturated rings. The lowest BCUT2D eigenvalue weighted by Gasteiger charge is -2.33. The first-order valence-electron chi connectivity index (χ1n) is 7.88. The van der Waals surface area contributed by atoms with Crippen molar-refractivity contribution in [2.24, 2.45) is 11.3 Å². The summed E-state index contributed by atoms with van der Waals surface area (Å²) in [7, 11) is 0. The molecule has 3 nitrogen and oxygen atoms in total. The third-order valence-corrected chi connectivity index (χ3v) is 5.69. The second-order valence-corrected chi connectivity index (χ2v) is 7.06. The summed E-state index contributed by atoms with van der Waals surface area (Å²) in [5.41, 5.74) is 1.61. The number of hydrogen-bond acceptors (Lipinski definition) is 3. The molecule has 0 aromatic carbocycles. The highest BCUT2D eigenvalue weighted by molar-refractivity contribution is 6.33. The highest BCUT2D eigenvalue weighted by Gasteiger charge is 2.45. The van der Waals surface area contributed by atoms with Crippen LogP contribution in [0.25, 0.3) is 0 Å². The van der Waals surface area contributed by atoms with Gasteiger partial charge in [0, 0.05) is 6.04 Å². The van der Waals surface area contributed by atoms with Gasteiger partial charge >= 0.3 is 0 Å². The number of anilines is 1. The average Bonchev–Trinajstić information content (AvgIpc) is 3.21. The number of hydrogen-bond donors (Lipinski definition) is 1. The van der Waals surface area contributed by atoms with Crippen molar-refractivity contribution in [2.75, 3.05) is 5.32 Å². The standard InChI is InChI=1S/C16H24ClN3/c1-3-13-14(17)15(19-10-18-13)20-12-6-4-11(5-7-12)16(2)8-9-16/h10-12H,3-9H2,1-2H3,(H,18,19,20). The molecule has 1 N–H and O–H groups in total. The lowest BCUT2D eigenvalue weighted by Crippen LogP contribution is -2.29. The zero-order valence-electron chi connectivity index (χ0n) is 12.5. The molecule has 2 aliphatic rings. The first kappa shape index (κ1) is 14.1. The van der Waals surface area contributed by atoms with E-state index in [9.17, 15) is 0 Å². The third-order valence-electron chi connectivity index (χ3n) is 5.29. The number of aryl methyl sites for hydroxylation is 1. The molecule has 0 amide bonds. The van der Waals surface area contributed by atoms with Crippen molar-refractivity contribution in [3.05, 3.63) is 17.0 Å². The first-order valence-corrected chi connectivity index (χ1v) is 8.26. The molecule has 0 unspecified atom stereocenters. The van der Waals surface area contributed by atoms with Crippen LogP contribution >= 0.6 is 11.6 Å². The van der Waals surface area contributed by atoms with E-state index in [0.717, 1.165) is 23.9 Å². The summed E-state index contributed by atoms with van der Waals surface area (Å²) in [4.78, 5) is 8.53. The van der Waals surface area contributed by atoms with Crippen LogP contribution in [0.1, 0.15) is 58.1 Å². The molecule has 0 saturated heterocycles. The fourth-order valence-corrected chi connectivity index (χ4v) is 3.77. The van der Waals surface area contributed by atoms with Gasteiger partial charge in [0.05, 0.1) is 5.69 Å². The molecule has 0 spiro atoms. The second kappa shape index (κ2) is 5.51. The van der Waals surface area contributed by atoms with Crippen LogP contribution in [0, 0.1) is 11.3 Å². The Bertz CT molecular complexity index is 477. The summed E-state index contributed by atoms with van der Waals surface area (Å²) < 4.78 is 0. The van der Waals surface area contributed by atoms with Gasteiger partial charge in [0.1, 0.15) is 17.2 Å². The molecule has 3 rings (SSSR count). The van der Waals surface area contributed by atoms with Crippen LogP contribution in [0.3, 0.4) is 0 Å². The molecule has 1 aromatic heterocycles. The van der Waals surface area contributed by atoms with E-state index in [1.165, 1.54) is 38.5 Å². The van der Waals surface area contributed by atoms with Gasteiger partial charge in [-0.25, -0.2) is 9.97 Å². The zero-order valence-corrected chi connectivity index (χ0v) is 13.2. The van der Waals surface area contributed by atoms with E-state index < -0.39 is 0 Å². The maximum absolute atomic E-state index is 6.35. The van der Waals surface area contributed by atoms with E-state index in [-0.39, 0.29) is 0 Å². The Morgan fingerprint density at radius 2 is 1.95 bits per heavy atom. The zero-order chi connectivity index (χ0) is 14.2. The highest BCUT2D eigenvalue weighted by Crippen LogP contribution is 2.55. The third kappa shape index (κ3) is 2.78. The quantitative estimate of drug-likeness (QED) is 0.890. The summed E-state index contributed by atoms with van der Waals surface area (Å²) >= 11 is 6.35. The lowest BCUT2D eigenvalue weighted by molar-refractivity contribution is 0.235. The predicted molar refractivity (Wildman–Crippen MR) is 83.1 cm³/mol. The average molecular weight is 294 g/mol. The van der Waals surface area contributed by atoms with Crippen LogP contribution in [-0.2, 0) is 6.42 Å². The van der Waals surface area contributed by atoms with Crippen molar-refractivity contribution < 1.29 is 0 Å². The van der Waals surface area contributed by atoms with Crippen LogP contribution < -0.4 is 5.32 Å². The van der Waals surface area contributed by atoms with Gasteiger partial charge in [-0.2, -0.15) is 0 Å². The number of nitrogens with zero attached hydrogens (tertiary/aromatic N) is 2. The summed E-state index contributed by atoms with van der Waals surface area (Å²) in [5, 5.41) is 4.23.